The largest absolute Gasteiger partial charge is 0.294 e. The minimum Gasteiger partial charge on any atom is -0.294 e. The molecule has 3 nitrogen and oxygen atoms in total. The summed E-state index contributed by atoms with van der Waals surface area (Å²) in [5.74, 6) is 0.0571. The van der Waals surface area contributed by atoms with E-state index in [4.69, 9.17) is 11.6 Å². The molecule has 1 aromatic carbocycles. The Balaban J connectivity index is 2.33. The summed E-state index contributed by atoms with van der Waals surface area (Å²) in [7, 11) is 1.78. The van der Waals surface area contributed by atoms with Crippen LogP contribution in [0.4, 0.5) is 0 Å². The fraction of sp³-hybridized carbons (Fsp3) is 0.333. The molecule has 0 saturated carbocycles. The van der Waals surface area contributed by atoms with E-state index in [1.807, 2.05) is 32.9 Å². The van der Waals surface area contributed by atoms with E-state index >= 15 is 0 Å². The Morgan fingerprint density at radius 1 is 1.30 bits per heavy atom. The van der Waals surface area contributed by atoms with Gasteiger partial charge in [-0.3, -0.25) is 9.48 Å². The number of hydrogen-bond donors (Lipinski definition) is 0. The zero-order chi connectivity index (χ0) is 15.0. The number of aromatic nitrogens is 2. The Morgan fingerprint density at radius 2 is 1.85 bits per heavy atom. The lowest BCUT2D eigenvalue weighted by Crippen LogP contribution is -2.06. The third-order valence-corrected chi connectivity index (χ3v) is 5.09. The lowest BCUT2D eigenvalue weighted by Gasteiger charge is -2.07. The van der Waals surface area contributed by atoms with E-state index in [-0.39, 0.29) is 12.2 Å². The second-order valence-electron chi connectivity index (χ2n) is 5.00. The molecule has 0 spiro atoms. The molecule has 2 rings (SSSR count). The first kappa shape index (κ1) is 15.3. The molecule has 0 radical (unpaired) electrons. The van der Waals surface area contributed by atoms with E-state index in [1.54, 1.807) is 11.7 Å². The van der Waals surface area contributed by atoms with Crippen LogP contribution in [0.3, 0.4) is 0 Å². The molecule has 1 aromatic heterocycles. The van der Waals surface area contributed by atoms with E-state index < -0.39 is 0 Å². The van der Waals surface area contributed by atoms with Crippen LogP contribution < -0.4 is 0 Å². The number of benzene rings is 1. The molecule has 1 heterocycles. The normalized spacial score (nSPS) is 10.9. The number of carbonyl (C=O) groups excluding carboxylic acids is 1. The quantitative estimate of drug-likeness (QED) is 0.774. The van der Waals surface area contributed by atoms with Gasteiger partial charge in [-0.1, -0.05) is 27.5 Å². The van der Waals surface area contributed by atoms with Crippen LogP contribution in [0, 0.1) is 20.8 Å². The van der Waals surface area contributed by atoms with Crippen LogP contribution in [-0.2, 0) is 13.5 Å². The van der Waals surface area contributed by atoms with Gasteiger partial charge in [-0.2, -0.15) is 5.10 Å². The van der Waals surface area contributed by atoms with Crippen LogP contribution in [0.25, 0.3) is 0 Å². The molecule has 0 N–H and O–H groups in total. The van der Waals surface area contributed by atoms with E-state index in [1.165, 1.54) is 0 Å². The fourth-order valence-corrected chi connectivity index (χ4v) is 2.71. The van der Waals surface area contributed by atoms with Crippen molar-refractivity contribution in [1.29, 1.82) is 0 Å². The summed E-state index contributed by atoms with van der Waals surface area (Å²) in [5, 5.41) is 4.76. The number of Topliss-reactive ketones (excluding diaryl/α,β-unsaturated/α-hetero) is 1. The molecular formula is C15H16BrClN2O. The number of nitrogens with zero attached hydrogens (tertiary/aromatic N) is 2. The topological polar surface area (TPSA) is 34.9 Å². The third kappa shape index (κ3) is 2.81. The van der Waals surface area contributed by atoms with Gasteiger partial charge in [-0.05, 0) is 44.0 Å². The zero-order valence-electron chi connectivity index (χ0n) is 11.9. The molecule has 0 aliphatic carbocycles. The smallest absolute Gasteiger partial charge is 0.167 e. The highest BCUT2D eigenvalue weighted by Crippen LogP contribution is 2.25. The maximum absolute atomic E-state index is 12.4. The van der Waals surface area contributed by atoms with Crippen molar-refractivity contribution in [3.8, 4) is 0 Å². The van der Waals surface area contributed by atoms with Gasteiger partial charge in [0.25, 0.3) is 0 Å². The predicted octanol–water partition coefficient (Wildman–Crippen LogP) is 4.19. The van der Waals surface area contributed by atoms with Crippen LogP contribution in [0.15, 0.2) is 16.6 Å². The van der Waals surface area contributed by atoms with Gasteiger partial charge in [0.15, 0.2) is 5.78 Å². The van der Waals surface area contributed by atoms with Crippen molar-refractivity contribution in [1.82, 2.24) is 9.78 Å². The number of hydrogen-bond acceptors (Lipinski definition) is 2. The van der Waals surface area contributed by atoms with Crippen LogP contribution in [0.2, 0.25) is 5.15 Å². The van der Waals surface area contributed by atoms with Crippen molar-refractivity contribution < 1.29 is 4.79 Å². The Bertz CT molecular complexity index is 668. The van der Waals surface area contributed by atoms with E-state index in [2.05, 4.69) is 21.0 Å². The van der Waals surface area contributed by atoms with E-state index in [0.29, 0.717) is 10.7 Å². The highest BCUT2D eigenvalue weighted by atomic mass is 79.9. The first-order chi connectivity index (χ1) is 9.31. The molecule has 0 bridgehead atoms. The average molecular weight is 356 g/mol. The number of halogens is 2. The maximum atomic E-state index is 12.4. The first-order valence-corrected chi connectivity index (χ1v) is 7.46. The number of carbonyl (C=O) groups is 1. The highest BCUT2D eigenvalue weighted by molar-refractivity contribution is 9.10. The highest BCUT2D eigenvalue weighted by Gasteiger charge is 2.17. The van der Waals surface area contributed by atoms with Crippen molar-refractivity contribution in [3.63, 3.8) is 0 Å². The Labute approximate surface area is 132 Å². The number of aryl methyl sites for hydroxylation is 4. The van der Waals surface area contributed by atoms with Crippen LogP contribution in [-0.4, -0.2) is 15.6 Å². The van der Waals surface area contributed by atoms with Gasteiger partial charge in [0.2, 0.25) is 0 Å². The van der Waals surface area contributed by atoms with Gasteiger partial charge in [-0.15, -0.1) is 0 Å². The Morgan fingerprint density at radius 3 is 2.30 bits per heavy atom. The van der Waals surface area contributed by atoms with Crippen LogP contribution >= 0.6 is 27.5 Å². The fourth-order valence-electron chi connectivity index (χ4n) is 2.24. The van der Waals surface area contributed by atoms with Gasteiger partial charge in [-0.25, -0.2) is 0 Å². The Hall–Kier alpha value is -1.13. The van der Waals surface area contributed by atoms with Crippen molar-refractivity contribution in [2.75, 3.05) is 0 Å². The third-order valence-electron chi connectivity index (χ3n) is 3.37. The molecule has 20 heavy (non-hydrogen) atoms. The zero-order valence-corrected chi connectivity index (χ0v) is 14.3. The summed E-state index contributed by atoms with van der Waals surface area (Å²) in [6, 6.07) is 3.80. The van der Waals surface area contributed by atoms with E-state index in [9.17, 15) is 4.79 Å². The van der Waals surface area contributed by atoms with Crippen molar-refractivity contribution >= 4 is 33.3 Å². The monoisotopic (exact) mass is 354 g/mol. The number of rotatable bonds is 3. The minimum atomic E-state index is 0.0571. The molecule has 5 heteroatoms. The molecule has 0 fully saturated rings. The summed E-state index contributed by atoms with van der Waals surface area (Å²) >= 11 is 9.68. The summed E-state index contributed by atoms with van der Waals surface area (Å²) in [6.07, 6.45) is 0.277. The number of ketones is 1. The standard InChI is InChI=1S/C15H16BrClN2O/c1-8-5-11(6-9(2)14(8)16)13(20)7-12-10(3)18-19(4)15(12)17/h5-6H,7H2,1-4H3. The van der Waals surface area contributed by atoms with Crippen LogP contribution in [0.5, 0.6) is 0 Å². The van der Waals surface area contributed by atoms with Gasteiger partial charge in [0, 0.05) is 29.1 Å². The van der Waals surface area contributed by atoms with Gasteiger partial charge < -0.3 is 0 Å². The summed E-state index contributed by atoms with van der Waals surface area (Å²) in [4.78, 5) is 12.4. The second kappa shape index (κ2) is 5.70. The Kier molecular flexibility index (Phi) is 4.35. The maximum Gasteiger partial charge on any atom is 0.167 e. The molecule has 0 aliphatic heterocycles. The molecular weight excluding hydrogens is 340 g/mol. The second-order valence-corrected chi connectivity index (χ2v) is 6.15. The van der Waals surface area contributed by atoms with Crippen molar-refractivity contribution in [2.45, 2.75) is 27.2 Å². The van der Waals surface area contributed by atoms with Crippen molar-refractivity contribution in [2.24, 2.45) is 7.05 Å². The lowest BCUT2D eigenvalue weighted by molar-refractivity contribution is 0.0992. The molecule has 0 aliphatic rings. The van der Waals surface area contributed by atoms with Gasteiger partial charge >= 0.3 is 0 Å². The van der Waals surface area contributed by atoms with Crippen molar-refractivity contribution in [3.05, 3.63) is 49.7 Å². The molecule has 0 amide bonds. The summed E-state index contributed by atoms with van der Waals surface area (Å²) in [5.41, 5.74) is 4.43. The lowest BCUT2D eigenvalue weighted by atomic mass is 10.00. The summed E-state index contributed by atoms with van der Waals surface area (Å²) < 4.78 is 2.64. The molecule has 0 saturated heterocycles. The summed E-state index contributed by atoms with van der Waals surface area (Å²) in [6.45, 7) is 5.83. The average Bonchev–Trinajstić information content (AvgIpc) is 2.62. The van der Waals surface area contributed by atoms with E-state index in [0.717, 1.165) is 26.9 Å². The first-order valence-electron chi connectivity index (χ1n) is 6.29. The molecule has 0 unspecified atom stereocenters. The molecule has 106 valence electrons. The molecule has 0 atom stereocenters. The predicted molar refractivity (Wildman–Crippen MR) is 84.6 cm³/mol. The SMILES string of the molecule is Cc1cc(C(=O)Cc2c(C)nn(C)c2Cl)cc(C)c1Br. The minimum absolute atomic E-state index is 0.0571. The van der Waals surface area contributed by atoms with Gasteiger partial charge in [0.1, 0.15) is 5.15 Å². The molecule has 2 aromatic rings. The van der Waals surface area contributed by atoms with Crippen LogP contribution in [0.1, 0.15) is 32.7 Å². The van der Waals surface area contributed by atoms with Gasteiger partial charge in [0.05, 0.1) is 5.69 Å².